The average molecular weight is 262 g/mol. The number of rotatable bonds is 2. The van der Waals surface area contributed by atoms with Gasteiger partial charge < -0.3 is 10.5 Å². The van der Waals surface area contributed by atoms with Gasteiger partial charge in [0.25, 0.3) is 5.91 Å². The third-order valence-electron chi connectivity index (χ3n) is 2.26. The highest BCUT2D eigenvalue weighted by Crippen LogP contribution is 2.31. The number of hydrogen-bond acceptors (Lipinski definition) is 5. The van der Waals surface area contributed by atoms with E-state index >= 15 is 0 Å². The molecule has 2 N–H and O–H groups in total. The van der Waals surface area contributed by atoms with Gasteiger partial charge in [0.05, 0.1) is 12.0 Å². The molecule has 0 saturated carbocycles. The van der Waals surface area contributed by atoms with Crippen molar-refractivity contribution in [3.8, 4) is 0 Å². The minimum atomic E-state index is -0.580. The highest BCUT2D eigenvalue weighted by atomic mass is 32.2. The molecule has 0 saturated heterocycles. The van der Waals surface area contributed by atoms with Gasteiger partial charge in [0.15, 0.2) is 0 Å². The van der Waals surface area contributed by atoms with Crippen LogP contribution in [-0.2, 0) is 14.3 Å². The van der Waals surface area contributed by atoms with Gasteiger partial charge in [-0.15, -0.1) is 0 Å². The van der Waals surface area contributed by atoms with Crippen molar-refractivity contribution >= 4 is 34.4 Å². The molecule has 5 nitrogen and oxygen atoms in total. The van der Waals surface area contributed by atoms with Crippen LogP contribution in [0.2, 0.25) is 0 Å². The quantitative estimate of drug-likeness (QED) is 0.494. The van der Waals surface area contributed by atoms with E-state index in [1.165, 1.54) is 7.11 Å². The zero-order valence-corrected chi connectivity index (χ0v) is 10.4. The van der Waals surface area contributed by atoms with Gasteiger partial charge in [-0.25, -0.2) is 9.79 Å². The number of esters is 1. The van der Waals surface area contributed by atoms with E-state index in [9.17, 15) is 9.59 Å². The molecule has 2 rings (SSSR count). The van der Waals surface area contributed by atoms with Crippen LogP contribution in [0, 0.1) is 0 Å². The fourth-order valence-corrected chi connectivity index (χ4v) is 2.30. The van der Waals surface area contributed by atoms with Crippen LogP contribution >= 0.6 is 11.8 Å². The van der Waals surface area contributed by atoms with Crippen molar-refractivity contribution in [1.29, 1.82) is 0 Å². The third kappa shape index (κ3) is 2.43. The summed E-state index contributed by atoms with van der Waals surface area (Å²) in [7, 11) is 1.25. The number of benzene rings is 1. The summed E-state index contributed by atoms with van der Waals surface area (Å²) in [5, 5.41) is 0.494. The SMILES string of the molecule is COC(=O)/C=C1/SC(c2ccccc2N)=NC1=O. The molecular formula is C12H10N2O3S. The maximum Gasteiger partial charge on any atom is 0.331 e. The Morgan fingerprint density at radius 2 is 2.17 bits per heavy atom. The van der Waals surface area contributed by atoms with Crippen LogP contribution in [-0.4, -0.2) is 24.0 Å². The Labute approximate surface area is 108 Å². The summed E-state index contributed by atoms with van der Waals surface area (Å²) in [5.74, 6) is -1.04. The molecule has 1 aromatic rings. The Morgan fingerprint density at radius 1 is 1.44 bits per heavy atom. The predicted molar refractivity (Wildman–Crippen MR) is 70.1 cm³/mol. The number of para-hydroxylation sites is 1. The first kappa shape index (κ1) is 12.4. The fourth-order valence-electron chi connectivity index (χ4n) is 1.38. The van der Waals surface area contributed by atoms with E-state index in [1.807, 2.05) is 0 Å². The maximum atomic E-state index is 11.6. The van der Waals surface area contributed by atoms with Crippen LogP contribution in [0.1, 0.15) is 5.56 Å². The Balaban J connectivity index is 2.28. The molecule has 0 aromatic heterocycles. The molecule has 1 heterocycles. The number of nitrogens with two attached hydrogens (primary N) is 1. The number of aliphatic imine (C=N–C) groups is 1. The molecule has 1 aliphatic heterocycles. The predicted octanol–water partition coefficient (Wildman–Crippen LogP) is 1.35. The van der Waals surface area contributed by atoms with E-state index in [0.29, 0.717) is 16.3 Å². The van der Waals surface area contributed by atoms with Gasteiger partial charge in [0, 0.05) is 17.3 Å². The van der Waals surface area contributed by atoms with Crippen molar-refractivity contribution in [1.82, 2.24) is 0 Å². The van der Waals surface area contributed by atoms with Gasteiger partial charge in [-0.1, -0.05) is 30.0 Å². The first-order chi connectivity index (χ1) is 8.61. The number of amides is 1. The topological polar surface area (TPSA) is 81.8 Å². The monoisotopic (exact) mass is 262 g/mol. The third-order valence-corrected chi connectivity index (χ3v) is 3.28. The lowest BCUT2D eigenvalue weighted by Gasteiger charge is -2.02. The molecule has 0 atom stereocenters. The van der Waals surface area contributed by atoms with Crippen molar-refractivity contribution in [2.24, 2.45) is 4.99 Å². The Kier molecular flexibility index (Phi) is 3.47. The van der Waals surface area contributed by atoms with E-state index in [2.05, 4.69) is 9.73 Å². The molecule has 0 fully saturated rings. The van der Waals surface area contributed by atoms with E-state index in [1.54, 1.807) is 24.3 Å². The van der Waals surface area contributed by atoms with Crippen molar-refractivity contribution in [2.75, 3.05) is 12.8 Å². The lowest BCUT2D eigenvalue weighted by molar-refractivity contribution is -0.135. The average Bonchev–Trinajstić information content (AvgIpc) is 2.71. The fraction of sp³-hybridized carbons (Fsp3) is 0.0833. The van der Waals surface area contributed by atoms with Crippen molar-refractivity contribution in [3.05, 3.63) is 40.8 Å². The Morgan fingerprint density at radius 3 is 2.83 bits per heavy atom. The van der Waals surface area contributed by atoms with Crippen molar-refractivity contribution in [2.45, 2.75) is 0 Å². The normalized spacial score (nSPS) is 16.8. The molecular weight excluding hydrogens is 252 g/mol. The van der Waals surface area contributed by atoms with Crippen LogP contribution in [0.25, 0.3) is 0 Å². The number of carbonyl (C=O) groups excluding carboxylic acids is 2. The molecule has 1 aliphatic rings. The summed E-state index contributed by atoms with van der Waals surface area (Å²) in [6, 6.07) is 7.10. The smallest absolute Gasteiger partial charge is 0.331 e. The number of hydrogen-bond donors (Lipinski definition) is 1. The largest absolute Gasteiger partial charge is 0.466 e. The molecule has 0 bridgehead atoms. The van der Waals surface area contributed by atoms with Crippen LogP contribution in [0.15, 0.2) is 40.2 Å². The van der Waals surface area contributed by atoms with Gasteiger partial charge >= 0.3 is 5.97 Å². The minimum Gasteiger partial charge on any atom is -0.466 e. The summed E-state index contributed by atoms with van der Waals surface area (Å²) >= 11 is 1.11. The molecule has 0 unspecified atom stereocenters. The summed E-state index contributed by atoms with van der Waals surface area (Å²) in [6.45, 7) is 0. The molecule has 1 aromatic carbocycles. The summed E-state index contributed by atoms with van der Waals surface area (Å²) in [5.41, 5.74) is 7.02. The van der Waals surface area contributed by atoms with Crippen LogP contribution < -0.4 is 5.73 Å². The number of ether oxygens (including phenoxy) is 1. The first-order valence-electron chi connectivity index (χ1n) is 5.07. The maximum absolute atomic E-state index is 11.6. The molecule has 6 heteroatoms. The van der Waals surface area contributed by atoms with E-state index in [4.69, 9.17) is 5.73 Å². The molecule has 0 aliphatic carbocycles. The van der Waals surface area contributed by atoms with Gasteiger partial charge in [-0.3, -0.25) is 4.79 Å². The van der Waals surface area contributed by atoms with Crippen LogP contribution in [0.5, 0.6) is 0 Å². The summed E-state index contributed by atoms with van der Waals surface area (Å²) < 4.78 is 4.47. The number of thioether (sulfide) groups is 1. The molecule has 18 heavy (non-hydrogen) atoms. The molecule has 0 spiro atoms. The van der Waals surface area contributed by atoms with E-state index < -0.39 is 11.9 Å². The number of carbonyl (C=O) groups is 2. The van der Waals surface area contributed by atoms with Crippen molar-refractivity contribution < 1.29 is 14.3 Å². The Bertz CT molecular complexity index is 578. The second-order valence-corrected chi connectivity index (χ2v) is 4.47. The van der Waals surface area contributed by atoms with Gasteiger partial charge in [0.2, 0.25) is 0 Å². The van der Waals surface area contributed by atoms with Gasteiger partial charge in [-0.05, 0) is 6.07 Å². The Hall–Kier alpha value is -2.08. The highest BCUT2D eigenvalue weighted by Gasteiger charge is 2.24. The van der Waals surface area contributed by atoms with Crippen molar-refractivity contribution in [3.63, 3.8) is 0 Å². The second-order valence-electron chi connectivity index (χ2n) is 3.44. The number of methoxy groups -OCH3 is 1. The van der Waals surface area contributed by atoms with Gasteiger partial charge in [-0.2, -0.15) is 0 Å². The number of nitrogens with zero attached hydrogens (tertiary/aromatic N) is 1. The number of nitrogen functional groups attached to an aromatic ring is 1. The highest BCUT2D eigenvalue weighted by molar-refractivity contribution is 8.19. The zero-order valence-electron chi connectivity index (χ0n) is 9.54. The molecule has 1 amide bonds. The van der Waals surface area contributed by atoms with Gasteiger partial charge in [0.1, 0.15) is 5.04 Å². The first-order valence-corrected chi connectivity index (χ1v) is 5.89. The van der Waals surface area contributed by atoms with Crippen LogP contribution in [0.4, 0.5) is 5.69 Å². The second kappa shape index (κ2) is 5.05. The van der Waals surface area contributed by atoms with E-state index in [-0.39, 0.29) is 4.91 Å². The zero-order chi connectivity index (χ0) is 13.1. The standard InChI is InChI=1S/C12H10N2O3S/c1-17-10(15)6-9-11(16)14-12(18-9)7-4-2-3-5-8(7)13/h2-6H,13H2,1H3/b9-6+. The van der Waals surface area contributed by atoms with Crippen LogP contribution in [0.3, 0.4) is 0 Å². The van der Waals surface area contributed by atoms with E-state index in [0.717, 1.165) is 17.8 Å². The lowest BCUT2D eigenvalue weighted by atomic mass is 10.2. The summed E-state index contributed by atoms with van der Waals surface area (Å²) in [6.07, 6.45) is 1.13. The molecule has 92 valence electrons. The lowest BCUT2D eigenvalue weighted by Crippen LogP contribution is -1.99. The number of anilines is 1. The summed E-state index contributed by atoms with van der Waals surface area (Å²) in [4.78, 5) is 26.8. The molecule has 0 radical (unpaired) electrons. The minimum absolute atomic E-state index is 0.236.